The van der Waals surface area contributed by atoms with Crippen molar-refractivity contribution in [3.8, 4) is 0 Å². The number of nitrogens with zero attached hydrogens (tertiary/aromatic N) is 2. The van der Waals surface area contributed by atoms with Gasteiger partial charge in [0.05, 0.1) is 0 Å². The average Bonchev–Trinajstić information content (AvgIpc) is 2.40. The molecule has 0 aromatic heterocycles. The Kier molecular flexibility index (Phi) is 5.15. The number of nitrogens with one attached hydrogen (secondary N) is 1. The first-order valence-corrected chi connectivity index (χ1v) is 8.30. The van der Waals surface area contributed by atoms with Crippen molar-refractivity contribution in [3.05, 3.63) is 0 Å². The number of carbonyl (C=O) groups is 1. The quantitative estimate of drug-likeness (QED) is 0.847. The number of rotatable bonds is 2. The number of hydrogen-bond acceptors (Lipinski definition) is 4. The van der Waals surface area contributed by atoms with Crippen molar-refractivity contribution in [1.29, 1.82) is 0 Å². The van der Waals surface area contributed by atoms with Crippen LogP contribution in [-0.4, -0.2) is 66.3 Å². The first-order chi connectivity index (χ1) is 9.86. The van der Waals surface area contributed by atoms with E-state index >= 15 is 0 Å². The molecule has 2 saturated heterocycles. The maximum Gasteiger partial charge on any atom is 0.410 e. The summed E-state index contributed by atoms with van der Waals surface area (Å²) >= 11 is 0. The Bertz CT molecular complexity index is 359. The fourth-order valence-electron chi connectivity index (χ4n) is 3.48. The molecule has 0 aromatic carbocycles. The van der Waals surface area contributed by atoms with Crippen LogP contribution in [0.4, 0.5) is 4.79 Å². The van der Waals surface area contributed by atoms with E-state index in [1.54, 1.807) is 0 Å². The highest BCUT2D eigenvalue weighted by atomic mass is 16.6. The number of amides is 1. The Morgan fingerprint density at radius 2 is 1.90 bits per heavy atom. The summed E-state index contributed by atoms with van der Waals surface area (Å²) in [7, 11) is 0. The van der Waals surface area contributed by atoms with Crippen LogP contribution in [0.25, 0.3) is 0 Å². The van der Waals surface area contributed by atoms with Gasteiger partial charge in [-0.3, -0.25) is 4.90 Å². The predicted octanol–water partition coefficient (Wildman–Crippen LogP) is 2.07. The third-order valence-corrected chi connectivity index (χ3v) is 4.48. The predicted molar refractivity (Wildman–Crippen MR) is 84.5 cm³/mol. The number of piperazine rings is 1. The van der Waals surface area contributed by atoms with Gasteiger partial charge >= 0.3 is 6.09 Å². The van der Waals surface area contributed by atoms with Crippen LogP contribution in [0.3, 0.4) is 0 Å². The van der Waals surface area contributed by atoms with Crippen molar-refractivity contribution in [2.45, 2.75) is 58.1 Å². The molecular formula is C16H31N3O2. The molecule has 122 valence electrons. The molecular weight excluding hydrogens is 266 g/mol. The standard InChI is InChI=1S/C16H31N3O2/c1-5-10-19-12-11-18(14(20)21-15(2,3)4)13-16(19)6-8-17-9-7-16/h17H,5-13H2,1-4H3. The zero-order valence-electron chi connectivity index (χ0n) is 14.1. The molecule has 0 atom stereocenters. The molecule has 2 aliphatic heterocycles. The van der Waals surface area contributed by atoms with Crippen molar-refractivity contribution in [3.63, 3.8) is 0 Å². The van der Waals surface area contributed by atoms with Crippen molar-refractivity contribution in [1.82, 2.24) is 15.1 Å². The van der Waals surface area contributed by atoms with Crippen molar-refractivity contribution in [2.24, 2.45) is 0 Å². The van der Waals surface area contributed by atoms with Gasteiger partial charge in [0, 0.05) is 25.2 Å². The van der Waals surface area contributed by atoms with E-state index in [-0.39, 0.29) is 11.6 Å². The van der Waals surface area contributed by atoms with Crippen molar-refractivity contribution in [2.75, 3.05) is 39.3 Å². The largest absolute Gasteiger partial charge is 0.444 e. The molecule has 1 spiro atoms. The van der Waals surface area contributed by atoms with E-state index < -0.39 is 5.60 Å². The summed E-state index contributed by atoms with van der Waals surface area (Å²) in [5.74, 6) is 0. The summed E-state index contributed by atoms with van der Waals surface area (Å²) in [6.07, 6.45) is 3.25. The molecule has 1 amide bonds. The lowest BCUT2D eigenvalue weighted by atomic mass is 9.84. The lowest BCUT2D eigenvalue weighted by Gasteiger charge is -2.52. The maximum absolute atomic E-state index is 12.4. The van der Waals surface area contributed by atoms with Crippen molar-refractivity contribution >= 4 is 6.09 Å². The molecule has 0 radical (unpaired) electrons. The minimum atomic E-state index is -0.418. The minimum Gasteiger partial charge on any atom is -0.444 e. The van der Waals surface area contributed by atoms with Gasteiger partial charge in [-0.15, -0.1) is 0 Å². The van der Waals surface area contributed by atoms with Crippen LogP contribution in [0.15, 0.2) is 0 Å². The molecule has 2 heterocycles. The Labute approximate surface area is 129 Å². The van der Waals surface area contributed by atoms with Crippen LogP contribution in [0.1, 0.15) is 47.0 Å². The van der Waals surface area contributed by atoms with Crippen LogP contribution in [0, 0.1) is 0 Å². The van der Waals surface area contributed by atoms with Gasteiger partial charge < -0.3 is 15.0 Å². The van der Waals surface area contributed by atoms with E-state index in [1.165, 1.54) is 6.42 Å². The Balaban J connectivity index is 2.06. The highest BCUT2D eigenvalue weighted by molar-refractivity contribution is 5.68. The van der Waals surface area contributed by atoms with Gasteiger partial charge in [-0.25, -0.2) is 4.79 Å². The van der Waals surface area contributed by atoms with Crippen LogP contribution in [0.2, 0.25) is 0 Å². The van der Waals surface area contributed by atoms with Crippen LogP contribution in [0.5, 0.6) is 0 Å². The van der Waals surface area contributed by atoms with Crippen LogP contribution in [-0.2, 0) is 4.74 Å². The molecule has 5 nitrogen and oxygen atoms in total. The molecule has 1 N–H and O–H groups in total. The van der Waals surface area contributed by atoms with Crippen LogP contribution < -0.4 is 5.32 Å². The second kappa shape index (κ2) is 6.53. The summed E-state index contributed by atoms with van der Waals surface area (Å²) < 4.78 is 5.56. The first-order valence-electron chi connectivity index (χ1n) is 8.30. The summed E-state index contributed by atoms with van der Waals surface area (Å²) in [6.45, 7) is 13.8. The third kappa shape index (κ3) is 4.10. The van der Waals surface area contributed by atoms with E-state index in [4.69, 9.17) is 4.74 Å². The lowest BCUT2D eigenvalue weighted by Crippen LogP contribution is -2.66. The monoisotopic (exact) mass is 297 g/mol. The van der Waals surface area contributed by atoms with E-state index in [2.05, 4.69) is 17.1 Å². The van der Waals surface area contributed by atoms with Crippen molar-refractivity contribution < 1.29 is 9.53 Å². The van der Waals surface area contributed by atoms with Gasteiger partial charge in [0.2, 0.25) is 0 Å². The Hall–Kier alpha value is -0.810. The number of hydrogen-bond donors (Lipinski definition) is 1. The number of carbonyl (C=O) groups excluding carboxylic acids is 1. The summed E-state index contributed by atoms with van der Waals surface area (Å²) in [4.78, 5) is 16.9. The molecule has 0 bridgehead atoms. The molecule has 2 rings (SSSR count). The van der Waals surface area contributed by atoms with Crippen LogP contribution >= 0.6 is 0 Å². The van der Waals surface area contributed by atoms with Gasteiger partial charge in [-0.2, -0.15) is 0 Å². The van der Waals surface area contributed by atoms with Gasteiger partial charge in [-0.1, -0.05) is 6.92 Å². The fourth-order valence-corrected chi connectivity index (χ4v) is 3.48. The second-order valence-electron chi connectivity index (χ2n) is 7.36. The van der Waals surface area contributed by atoms with Gasteiger partial charge in [-0.05, 0) is 59.7 Å². The molecule has 2 aliphatic rings. The molecule has 21 heavy (non-hydrogen) atoms. The normalized spacial score (nSPS) is 23.3. The van der Waals surface area contributed by atoms with E-state index in [9.17, 15) is 4.79 Å². The molecule has 0 saturated carbocycles. The van der Waals surface area contributed by atoms with Gasteiger partial charge in [0.15, 0.2) is 0 Å². The van der Waals surface area contributed by atoms with E-state index in [1.807, 2.05) is 25.7 Å². The highest BCUT2D eigenvalue weighted by Gasteiger charge is 2.43. The van der Waals surface area contributed by atoms with E-state index in [0.29, 0.717) is 0 Å². The summed E-state index contributed by atoms with van der Waals surface area (Å²) in [5.41, 5.74) is -0.269. The number of piperidine rings is 1. The Morgan fingerprint density at radius 3 is 2.48 bits per heavy atom. The van der Waals surface area contributed by atoms with Gasteiger partial charge in [0.25, 0.3) is 0 Å². The molecule has 5 heteroatoms. The minimum absolute atomic E-state index is 0.149. The summed E-state index contributed by atoms with van der Waals surface area (Å²) in [5, 5.41) is 3.44. The number of ether oxygens (including phenoxy) is 1. The Morgan fingerprint density at radius 1 is 1.24 bits per heavy atom. The fraction of sp³-hybridized carbons (Fsp3) is 0.938. The van der Waals surface area contributed by atoms with E-state index in [0.717, 1.165) is 52.1 Å². The third-order valence-electron chi connectivity index (χ3n) is 4.48. The molecule has 0 aliphatic carbocycles. The zero-order chi connectivity index (χ0) is 15.5. The average molecular weight is 297 g/mol. The second-order valence-corrected chi connectivity index (χ2v) is 7.36. The first kappa shape index (κ1) is 16.6. The lowest BCUT2D eigenvalue weighted by molar-refractivity contribution is -0.0377. The maximum atomic E-state index is 12.4. The topological polar surface area (TPSA) is 44.8 Å². The molecule has 0 unspecified atom stereocenters. The SMILES string of the molecule is CCCN1CCN(C(=O)OC(C)(C)C)CC12CCNCC2. The zero-order valence-corrected chi connectivity index (χ0v) is 14.1. The molecule has 0 aromatic rings. The highest BCUT2D eigenvalue weighted by Crippen LogP contribution is 2.31. The molecule has 2 fully saturated rings. The summed E-state index contributed by atoms with van der Waals surface area (Å²) in [6, 6.07) is 0. The van der Waals surface area contributed by atoms with Gasteiger partial charge in [0.1, 0.15) is 5.60 Å². The smallest absolute Gasteiger partial charge is 0.410 e.